The van der Waals surface area contributed by atoms with E-state index in [1.54, 1.807) is 18.2 Å². The van der Waals surface area contributed by atoms with Gasteiger partial charge in [0.25, 0.3) is 5.22 Å². The second-order valence-electron chi connectivity index (χ2n) is 6.20. The Bertz CT molecular complexity index is 1040. The summed E-state index contributed by atoms with van der Waals surface area (Å²) < 4.78 is 5.68. The second-order valence-corrected chi connectivity index (χ2v) is 7.66. The van der Waals surface area contributed by atoms with Crippen LogP contribution in [-0.2, 0) is 4.79 Å². The van der Waals surface area contributed by atoms with Gasteiger partial charge in [0, 0.05) is 23.4 Å². The minimum absolute atomic E-state index is 0.165. The number of hydrogen-bond acceptors (Lipinski definition) is 6. The number of nitriles is 1. The van der Waals surface area contributed by atoms with Crippen LogP contribution < -0.4 is 5.32 Å². The van der Waals surface area contributed by atoms with Gasteiger partial charge in [0.1, 0.15) is 6.07 Å². The van der Waals surface area contributed by atoms with Gasteiger partial charge in [-0.05, 0) is 44.2 Å². The fourth-order valence-electron chi connectivity index (χ4n) is 2.62. The normalized spacial score (nSPS) is 10.5. The summed E-state index contributed by atoms with van der Waals surface area (Å²) in [5.41, 5.74) is 4.05. The van der Waals surface area contributed by atoms with E-state index in [9.17, 15) is 4.79 Å². The van der Waals surface area contributed by atoms with Gasteiger partial charge >= 0.3 is 0 Å². The number of carbonyl (C=O) groups is 1. The number of aryl methyl sites for hydroxylation is 2. The van der Waals surface area contributed by atoms with E-state index in [2.05, 4.69) is 21.6 Å². The quantitative estimate of drug-likeness (QED) is 0.573. The predicted molar refractivity (Wildman–Crippen MR) is 109 cm³/mol. The SMILES string of the molecule is Cc1cc(C)cc(-c2nnc(SCCC(=O)Nc3ccc(C#N)c(Cl)c3)o2)c1. The van der Waals surface area contributed by atoms with Crippen molar-refractivity contribution in [1.82, 2.24) is 10.2 Å². The van der Waals surface area contributed by atoms with Crippen LogP contribution in [0.15, 0.2) is 46.0 Å². The molecule has 0 bridgehead atoms. The van der Waals surface area contributed by atoms with Crippen molar-refractivity contribution in [2.24, 2.45) is 0 Å². The zero-order chi connectivity index (χ0) is 20.1. The Hall–Kier alpha value is -2.82. The standard InChI is InChI=1S/C20H17ClN4O2S/c1-12-7-13(2)9-15(8-12)19-24-25-20(27-19)28-6-5-18(26)23-16-4-3-14(11-22)17(21)10-16/h3-4,7-10H,5-6H2,1-2H3,(H,23,26). The maximum atomic E-state index is 12.1. The van der Waals surface area contributed by atoms with E-state index in [4.69, 9.17) is 21.3 Å². The molecule has 1 N–H and O–H groups in total. The molecule has 0 fully saturated rings. The van der Waals surface area contributed by atoms with Crippen LogP contribution >= 0.6 is 23.4 Å². The number of nitrogens with one attached hydrogen (secondary N) is 1. The van der Waals surface area contributed by atoms with Crippen molar-refractivity contribution in [3.63, 3.8) is 0 Å². The summed E-state index contributed by atoms with van der Waals surface area (Å²) in [6.07, 6.45) is 0.267. The maximum Gasteiger partial charge on any atom is 0.276 e. The molecule has 0 aliphatic heterocycles. The molecule has 2 aromatic carbocycles. The Labute approximate surface area is 171 Å². The van der Waals surface area contributed by atoms with Crippen molar-refractivity contribution in [3.05, 3.63) is 58.1 Å². The van der Waals surface area contributed by atoms with Crippen LogP contribution in [0.5, 0.6) is 0 Å². The molecule has 6 nitrogen and oxygen atoms in total. The Morgan fingerprint density at radius 2 is 1.96 bits per heavy atom. The minimum Gasteiger partial charge on any atom is -0.411 e. The van der Waals surface area contributed by atoms with E-state index in [-0.39, 0.29) is 12.3 Å². The summed E-state index contributed by atoms with van der Waals surface area (Å²) in [5, 5.41) is 20.5. The maximum absolute atomic E-state index is 12.1. The van der Waals surface area contributed by atoms with Crippen LogP contribution in [0, 0.1) is 25.2 Å². The third kappa shape index (κ3) is 5.12. The van der Waals surface area contributed by atoms with Gasteiger partial charge in [0.2, 0.25) is 11.8 Å². The number of nitrogens with zero attached hydrogens (tertiary/aromatic N) is 3. The first-order valence-electron chi connectivity index (χ1n) is 8.49. The molecule has 3 rings (SSSR count). The molecular formula is C20H17ClN4O2S. The first-order chi connectivity index (χ1) is 13.4. The first-order valence-corrected chi connectivity index (χ1v) is 9.85. The Morgan fingerprint density at radius 1 is 1.21 bits per heavy atom. The largest absolute Gasteiger partial charge is 0.411 e. The Kier molecular flexibility index (Phi) is 6.34. The van der Waals surface area contributed by atoms with Gasteiger partial charge < -0.3 is 9.73 Å². The Balaban J connectivity index is 1.52. The summed E-state index contributed by atoms with van der Waals surface area (Å²) in [6, 6.07) is 12.8. The molecule has 1 aromatic heterocycles. The van der Waals surface area contributed by atoms with Crippen molar-refractivity contribution in [2.75, 3.05) is 11.1 Å². The smallest absolute Gasteiger partial charge is 0.276 e. The second kappa shape index (κ2) is 8.91. The molecular weight excluding hydrogens is 396 g/mol. The van der Waals surface area contributed by atoms with Crippen LogP contribution in [0.2, 0.25) is 5.02 Å². The van der Waals surface area contributed by atoms with Gasteiger partial charge in [0.05, 0.1) is 10.6 Å². The molecule has 0 atom stereocenters. The summed E-state index contributed by atoms with van der Waals surface area (Å²) in [6.45, 7) is 4.03. The van der Waals surface area contributed by atoms with Crippen molar-refractivity contribution in [3.8, 4) is 17.5 Å². The molecule has 8 heteroatoms. The molecule has 142 valence electrons. The highest BCUT2D eigenvalue weighted by molar-refractivity contribution is 7.99. The van der Waals surface area contributed by atoms with E-state index in [0.717, 1.165) is 16.7 Å². The molecule has 1 heterocycles. The average Bonchev–Trinajstić information content (AvgIpc) is 3.10. The number of aromatic nitrogens is 2. The third-order valence-electron chi connectivity index (χ3n) is 3.80. The van der Waals surface area contributed by atoms with Crippen LogP contribution in [0.3, 0.4) is 0 Å². The van der Waals surface area contributed by atoms with E-state index in [0.29, 0.717) is 33.1 Å². The number of benzene rings is 2. The van der Waals surface area contributed by atoms with Gasteiger partial charge in [-0.15, -0.1) is 10.2 Å². The first kappa shape index (κ1) is 19.9. The van der Waals surface area contributed by atoms with Gasteiger partial charge in [0.15, 0.2) is 0 Å². The molecule has 3 aromatic rings. The molecule has 0 spiro atoms. The Morgan fingerprint density at radius 3 is 2.64 bits per heavy atom. The van der Waals surface area contributed by atoms with Crippen LogP contribution in [0.25, 0.3) is 11.5 Å². The molecule has 0 aliphatic carbocycles. The van der Waals surface area contributed by atoms with Crippen LogP contribution in [0.4, 0.5) is 5.69 Å². The molecule has 1 amide bonds. The van der Waals surface area contributed by atoms with E-state index in [1.807, 2.05) is 32.0 Å². The lowest BCUT2D eigenvalue weighted by molar-refractivity contribution is -0.115. The van der Waals surface area contributed by atoms with Crippen molar-refractivity contribution < 1.29 is 9.21 Å². The lowest BCUT2D eigenvalue weighted by Crippen LogP contribution is -2.12. The molecule has 0 unspecified atom stereocenters. The summed E-state index contributed by atoms with van der Waals surface area (Å²) in [7, 11) is 0. The highest BCUT2D eigenvalue weighted by atomic mass is 35.5. The predicted octanol–water partition coefficient (Wildman–Crippen LogP) is 5.00. The third-order valence-corrected chi connectivity index (χ3v) is 4.94. The molecule has 28 heavy (non-hydrogen) atoms. The van der Waals surface area contributed by atoms with Gasteiger partial charge in [-0.3, -0.25) is 4.79 Å². The average molecular weight is 413 g/mol. The van der Waals surface area contributed by atoms with Crippen molar-refractivity contribution in [1.29, 1.82) is 5.26 Å². The van der Waals surface area contributed by atoms with E-state index < -0.39 is 0 Å². The number of rotatable bonds is 6. The lowest BCUT2D eigenvalue weighted by atomic mass is 10.1. The number of thioether (sulfide) groups is 1. The minimum atomic E-state index is -0.165. The van der Waals surface area contributed by atoms with Gasteiger partial charge in [-0.1, -0.05) is 40.6 Å². The fraction of sp³-hybridized carbons (Fsp3) is 0.200. The monoisotopic (exact) mass is 412 g/mol. The van der Waals surface area contributed by atoms with Crippen molar-refractivity contribution in [2.45, 2.75) is 25.5 Å². The fourth-order valence-corrected chi connectivity index (χ4v) is 3.54. The summed E-state index contributed by atoms with van der Waals surface area (Å²) in [5.74, 6) is 0.790. The van der Waals surface area contributed by atoms with Crippen LogP contribution in [-0.4, -0.2) is 21.9 Å². The number of hydrogen-bond donors (Lipinski definition) is 1. The number of anilines is 1. The number of carbonyl (C=O) groups excluding carboxylic acids is 1. The highest BCUT2D eigenvalue weighted by Gasteiger charge is 2.11. The number of amides is 1. The zero-order valence-corrected chi connectivity index (χ0v) is 16.9. The molecule has 0 saturated heterocycles. The number of halogens is 1. The lowest BCUT2D eigenvalue weighted by Gasteiger charge is -2.05. The van der Waals surface area contributed by atoms with Gasteiger partial charge in [-0.2, -0.15) is 5.26 Å². The van der Waals surface area contributed by atoms with E-state index >= 15 is 0 Å². The zero-order valence-electron chi connectivity index (χ0n) is 15.3. The van der Waals surface area contributed by atoms with Crippen LogP contribution in [0.1, 0.15) is 23.1 Å². The summed E-state index contributed by atoms with van der Waals surface area (Å²) in [4.78, 5) is 12.1. The topological polar surface area (TPSA) is 91.8 Å². The van der Waals surface area contributed by atoms with Gasteiger partial charge in [-0.25, -0.2) is 0 Å². The van der Waals surface area contributed by atoms with Crippen molar-refractivity contribution >= 4 is 35.0 Å². The molecule has 0 aliphatic rings. The summed E-state index contributed by atoms with van der Waals surface area (Å²) >= 11 is 7.29. The van der Waals surface area contributed by atoms with E-state index in [1.165, 1.54) is 11.8 Å². The molecule has 0 radical (unpaired) electrons. The molecule has 0 saturated carbocycles. The highest BCUT2D eigenvalue weighted by Crippen LogP contribution is 2.25.